The average molecular weight is 304 g/mol. The summed E-state index contributed by atoms with van der Waals surface area (Å²) in [4.78, 5) is 17.9. The van der Waals surface area contributed by atoms with Gasteiger partial charge in [-0.3, -0.25) is 4.79 Å². The van der Waals surface area contributed by atoms with Gasteiger partial charge in [0.05, 0.1) is 6.54 Å². The lowest BCUT2D eigenvalue weighted by atomic mass is 10.1. The van der Waals surface area contributed by atoms with Crippen LogP contribution in [0.4, 0.5) is 10.2 Å². The van der Waals surface area contributed by atoms with Gasteiger partial charge in [-0.15, -0.1) is 0 Å². The largest absolute Gasteiger partial charge is 0.383 e. The van der Waals surface area contributed by atoms with E-state index in [-0.39, 0.29) is 23.7 Å². The number of H-pyrrole nitrogens is 1. The number of aromatic nitrogens is 2. The second-order valence-corrected chi connectivity index (χ2v) is 5.04. The molecular weight excluding hydrogens is 291 g/mol. The predicted molar refractivity (Wildman–Crippen MR) is 81.2 cm³/mol. The lowest BCUT2D eigenvalue weighted by molar-refractivity contribution is 0.627. The van der Waals surface area contributed by atoms with Crippen molar-refractivity contribution in [3.05, 3.63) is 51.6 Å². The summed E-state index contributed by atoms with van der Waals surface area (Å²) >= 11 is 1.29. The van der Waals surface area contributed by atoms with Gasteiger partial charge in [0.25, 0.3) is 5.56 Å². The van der Waals surface area contributed by atoms with Gasteiger partial charge in [-0.05, 0) is 17.7 Å². The number of hydrogen-bond donors (Lipinski definition) is 3. The van der Waals surface area contributed by atoms with E-state index in [0.717, 1.165) is 5.56 Å². The normalized spacial score (nSPS) is 10.0. The number of nitrogen functional groups attached to an aromatic ring is 1. The zero-order valence-electron chi connectivity index (χ0n) is 11.0. The fourth-order valence-corrected chi connectivity index (χ4v) is 2.49. The Balaban J connectivity index is 2.21. The lowest BCUT2D eigenvalue weighted by Crippen LogP contribution is -2.09. The van der Waals surface area contributed by atoms with Gasteiger partial charge in [0.1, 0.15) is 11.6 Å². The van der Waals surface area contributed by atoms with Crippen molar-refractivity contribution in [2.75, 3.05) is 12.3 Å². The first-order valence-corrected chi connectivity index (χ1v) is 7.04. The number of thioether (sulfide) groups is 1. The molecule has 0 aliphatic rings. The van der Waals surface area contributed by atoms with Gasteiger partial charge in [-0.25, -0.2) is 9.37 Å². The summed E-state index contributed by atoms with van der Waals surface area (Å²) in [6, 6.07) is 5.57. The molecule has 108 valence electrons. The summed E-state index contributed by atoms with van der Waals surface area (Å²) < 4.78 is 13.3. The Morgan fingerprint density at radius 2 is 2.19 bits per heavy atom. The molecule has 0 saturated heterocycles. The van der Waals surface area contributed by atoms with E-state index in [4.69, 9.17) is 11.5 Å². The van der Waals surface area contributed by atoms with E-state index < -0.39 is 0 Å². The minimum atomic E-state index is -0.361. The van der Waals surface area contributed by atoms with Gasteiger partial charge in [-0.1, -0.05) is 29.7 Å². The Morgan fingerprint density at radius 1 is 1.38 bits per heavy atom. The summed E-state index contributed by atoms with van der Waals surface area (Å²) in [6.45, 7) is 0.202. The molecule has 2 aromatic rings. The first kappa shape index (κ1) is 15.1. The van der Waals surface area contributed by atoms with Crippen LogP contribution in [-0.4, -0.2) is 16.5 Å². The van der Waals surface area contributed by atoms with Crippen LogP contribution in [0.1, 0.15) is 11.1 Å². The van der Waals surface area contributed by atoms with Crippen LogP contribution in [0.15, 0.2) is 34.2 Å². The number of aromatic amines is 1. The number of hydrogen-bond acceptors (Lipinski definition) is 5. The molecule has 0 amide bonds. The van der Waals surface area contributed by atoms with Crippen molar-refractivity contribution < 1.29 is 4.39 Å². The molecule has 5 N–H and O–H groups in total. The van der Waals surface area contributed by atoms with Crippen molar-refractivity contribution >= 4 is 17.6 Å². The fourth-order valence-electron chi connectivity index (χ4n) is 1.60. The molecule has 0 unspecified atom stereocenters. The highest BCUT2D eigenvalue weighted by molar-refractivity contribution is 7.98. The topological polar surface area (TPSA) is 97.8 Å². The molecule has 0 spiro atoms. The molecule has 0 fully saturated rings. The van der Waals surface area contributed by atoms with Crippen molar-refractivity contribution in [3.8, 4) is 11.8 Å². The van der Waals surface area contributed by atoms with Crippen molar-refractivity contribution in [3.63, 3.8) is 0 Å². The molecule has 1 aromatic heterocycles. The van der Waals surface area contributed by atoms with Crippen molar-refractivity contribution in [2.45, 2.75) is 10.9 Å². The molecule has 0 saturated carbocycles. The van der Waals surface area contributed by atoms with Crippen LogP contribution >= 0.6 is 11.8 Å². The van der Waals surface area contributed by atoms with Crippen LogP contribution in [0.3, 0.4) is 0 Å². The van der Waals surface area contributed by atoms with E-state index in [0.29, 0.717) is 16.5 Å². The average Bonchev–Trinajstić information content (AvgIpc) is 2.43. The van der Waals surface area contributed by atoms with E-state index in [9.17, 15) is 9.18 Å². The maximum absolute atomic E-state index is 13.3. The van der Waals surface area contributed by atoms with Crippen molar-refractivity contribution in [1.82, 2.24) is 9.97 Å². The molecule has 0 aliphatic heterocycles. The maximum atomic E-state index is 13.3. The highest BCUT2D eigenvalue weighted by Gasteiger charge is 2.05. The summed E-state index contributed by atoms with van der Waals surface area (Å²) in [6.07, 6.45) is 0. The molecule has 7 heteroatoms. The van der Waals surface area contributed by atoms with E-state index >= 15 is 0 Å². The van der Waals surface area contributed by atoms with Crippen LogP contribution in [0.5, 0.6) is 0 Å². The third-order valence-corrected chi connectivity index (χ3v) is 3.42. The SMILES string of the molecule is NCC#Cc1cc(F)ccc1CSc1nc(N)cc(=O)[nH]1. The molecule has 0 radical (unpaired) electrons. The molecule has 5 nitrogen and oxygen atoms in total. The van der Waals surface area contributed by atoms with Gasteiger partial charge in [-0.2, -0.15) is 0 Å². The summed E-state index contributed by atoms with van der Waals surface area (Å²) in [5.74, 6) is 5.79. The lowest BCUT2D eigenvalue weighted by Gasteiger charge is -2.05. The number of halogens is 1. The number of nitrogens with zero attached hydrogens (tertiary/aromatic N) is 1. The second-order valence-electron chi connectivity index (χ2n) is 4.07. The van der Waals surface area contributed by atoms with E-state index in [2.05, 4.69) is 21.8 Å². The second kappa shape index (κ2) is 6.92. The first-order chi connectivity index (χ1) is 10.1. The van der Waals surface area contributed by atoms with Crippen LogP contribution in [0, 0.1) is 17.7 Å². The predicted octanol–water partition coefficient (Wildman–Crippen LogP) is 1.09. The van der Waals surface area contributed by atoms with Gasteiger partial charge in [0.15, 0.2) is 5.16 Å². The minimum Gasteiger partial charge on any atom is -0.383 e. The quantitative estimate of drug-likeness (QED) is 0.448. The van der Waals surface area contributed by atoms with Crippen molar-refractivity contribution in [1.29, 1.82) is 0 Å². The van der Waals surface area contributed by atoms with Crippen LogP contribution in [0.2, 0.25) is 0 Å². The van der Waals surface area contributed by atoms with Gasteiger partial charge >= 0.3 is 0 Å². The molecular formula is C14H13FN4OS. The molecule has 0 atom stereocenters. The van der Waals surface area contributed by atoms with Crippen LogP contribution in [-0.2, 0) is 5.75 Å². The van der Waals surface area contributed by atoms with Gasteiger partial charge in [0, 0.05) is 17.4 Å². The molecule has 2 rings (SSSR count). The maximum Gasteiger partial charge on any atom is 0.253 e. The number of rotatable bonds is 3. The summed E-state index contributed by atoms with van der Waals surface area (Å²) in [7, 11) is 0. The smallest absolute Gasteiger partial charge is 0.253 e. The Kier molecular flexibility index (Phi) is 4.98. The first-order valence-electron chi connectivity index (χ1n) is 6.05. The zero-order chi connectivity index (χ0) is 15.2. The highest BCUT2D eigenvalue weighted by Crippen LogP contribution is 2.21. The zero-order valence-corrected chi connectivity index (χ0v) is 11.8. The van der Waals surface area contributed by atoms with E-state index in [1.807, 2.05) is 0 Å². The van der Waals surface area contributed by atoms with Crippen LogP contribution < -0.4 is 17.0 Å². The Bertz CT molecular complexity index is 764. The standard InChI is InChI=1S/C14H13FN4OS/c15-11-4-3-10(9(6-11)2-1-5-16)8-21-14-18-12(17)7-13(20)19-14/h3-4,6-7H,5,8,16H2,(H3,17,18,19,20). The van der Waals surface area contributed by atoms with Crippen LogP contribution in [0.25, 0.3) is 0 Å². The van der Waals surface area contributed by atoms with E-state index in [1.165, 1.54) is 30.0 Å². The van der Waals surface area contributed by atoms with Crippen molar-refractivity contribution in [2.24, 2.45) is 5.73 Å². The Morgan fingerprint density at radius 3 is 2.90 bits per heavy atom. The summed E-state index contributed by atoms with van der Waals surface area (Å²) in [5, 5.41) is 0.405. The number of nitrogens with two attached hydrogens (primary N) is 2. The number of nitrogens with one attached hydrogen (secondary N) is 1. The third-order valence-electron chi connectivity index (χ3n) is 2.50. The van der Waals surface area contributed by atoms with Gasteiger partial charge < -0.3 is 16.5 Å². The number of anilines is 1. The fraction of sp³-hybridized carbons (Fsp3) is 0.143. The third kappa shape index (κ3) is 4.34. The molecule has 21 heavy (non-hydrogen) atoms. The molecule has 1 heterocycles. The summed E-state index contributed by atoms with van der Waals surface area (Å²) in [5.41, 5.74) is 11.9. The molecule has 0 bridgehead atoms. The molecule has 0 aliphatic carbocycles. The Labute approximate surface area is 125 Å². The van der Waals surface area contributed by atoms with E-state index in [1.54, 1.807) is 6.07 Å². The Hall–Kier alpha value is -2.30. The van der Waals surface area contributed by atoms with Gasteiger partial charge in [0.2, 0.25) is 0 Å². The minimum absolute atomic E-state index is 0.156. The number of benzene rings is 1. The molecule has 1 aromatic carbocycles. The monoisotopic (exact) mass is 304 g/mol. The highest BCUT2D eigenvalue weighted by atomic mass is 32.2.